The van der Waals surface area contributed by atoms with E-state index in [2.05, 4.69) is 13.0 Å². The lowest BCUT2D eigenvalue weighted by Gasteiger charge is -2.28. The lowest BCUT2D eigenvalue weighted by Crippen LogP contribution is -2.40. The molecule has 2 amide bonds. The van der Waals surface area contributed by atoms with Gasteiger partial charge in [-0.2, -0.15) is 0 Å². The van der Waals surface area contributed by atoms with Crippen LogP contribution in [-0.4, -0.2) is 46.5 Å². The number of aryl methyl sites for hydroxylation is 1. The van der Waals surface area contributed by atoms with Gasteiger partial charge in [-0.3, -0.25) is 9.59 Å². The van der Waals surface area contributed by atoms with Crippen LogP contribution < -0.4 is 0 Å². The van der Waals surface area contributed by atoms with Crippen molar-refractivity contribution in [3.05, 3.63) is 57.5 Å². The fraction of sp³-hybridized carbons (Fsp3) is 0.400. The molecule has 2 unspecified atom stereocenters. The third-order valence-electron chi connectivity index (χ3n) is 4.74. The van der Waals surface area contributed by atoms with Crippen LogP contribution in [0, 0.1) is 12.7 Å². The van der Waals surface area contributed by atoms with Gasteiger partial charge in [-0.05, 0) is 62.0 Å². The Bertz CT molecular complexity index is 822. The number of likely N-dealkylation sites (N-methyl/N-ethyl adjacent to an activating group) is 1. The molecule has 0 radical (unpaired) electrons. The summed E-state index contributed by atoms with van der Waals surface area (Å²) in [5, 5.41) is 1.97. The Labute approximate surface area is 167 Å². The molecule has 1 aromatic heterocycles. The van der Waals surface area contributed by atoms with Crippen LogP contribution in [0.3, 0.4) is 0 Å². The highest BCUT2D eigenvalue weighted by atomic mass is 32.2. The molecule has 1 fully saturated rings. The van der Waals surface area contributed by atoms with E-state index in [1.54, 1.807) is 28.0 Å². The van der Waals surface area contributed by atoms with Crippen LogP contribution in [0.15, 0.2) is 35.7 Å². The molecule has 2 heterocycles. The maximum atomic E-state index is 13.1. The van der Waals surface area contributed by atoms with Crippen molar-refractivity contribution in [2.24, 2.45) is 0 Å². The average molecular weight is 407 g/mol. The normalized spacial score (nSPS) is 19.6. The highest BCUT2D eigenvalue weighted by Crippen LogP contribution is 2.45. The number of amides is 2. The summed E-state index contributed by atoms with van der Waals surface area (Å²) in [6.45, 7) is 7.37. The lowest BCUT2D eigenvalue weighted by atomic mass is 10.2. The predicted octanol–water partition coefficient (Wildman–Crippen LogP) is 4.32. The van der Waals surface area contributed by atoms with E-state index >= 15 is 0 Å². The number of nitrogens with zero attached hydrogens (tertiary/aromatic N) is 2. The molecule has 1 aliphatic heterocycles. The fourth-order valence-corrected chi connectivity index (χ4v) is 5.70. The van der Waals surface area contributed by atoms with Crippen LogP contribution in [-0.2, 0) is 4.79 Å². The van der Waals surface area contributed by atoms with E-state index in [1.165, 1.54) is 34.7 Å². The molecule has 1 aliphatic rings. The van der Waals surface area contributed by atoms with Crippen molar-refractivity contribution in [3.8, 4) is 0 Å². The van der Waals surface area contributed by atoms with Crippen molar-refractivity contribution < 1.29 is 14.0 Å². The maximum absolute atomic E-state index is 13.1. The predicted molar refractivity (Wildman–Crippen MR) is 109 cm³/mol. The van der Waals surface area contributed by atoms with E-state index in [1.807, 2.05) is 24.1 Å². The van der Waals surface area contributed by atoms with Crippen molar-refractivity contribution in [3.63, 3.8) is 0 Å². The van der Waals surface area contributed by atoms with Gasteiger partial charge in [-0.1, -0.05) is 0 Å². The average Bonchev–Trinajstić information content (AvgIpc) is 3.20. The number of carbonyl (C=O) groups is 2. The summed E-state index contributed by atoms with van der Waals surface area (Å²) in [6, 6.07) is 7.65. The summed E-state index contributed by atoms with van der Waals surface area (Å²) < 4.78 is 13.1. The van der Waals surface area contributed by atoms with Crippen LogP contribution in [0.4, 0.5) is 4.39 Å². The van der Waals surface area contributed by atoms with E-state index in [9.17, 15) is 14.0 Å². The van der Waals surface area contributed by atoms with Gasteiger partial charge in [0.2, 0.25) is 5.91 Å². The van der Waals surface area contributed by atoms with Crippen LogP contribution in [0.5, 0.6) is 0 Å². The number of halogens is 1. The zero-order chi connectivity index (χ0) is 19.6. The monoisotopic (exact) mass is 406 g/mol. The van der Waals surface area contributed by atoms with Crippen molar-refractivity contribution in [1.29, 1.82) is 0 Å². The van der Waals surface area contributed by atoms with Gasteiger partial charge in [-0.25, -0.2) is 4.39 Å². The Balaban J connectivity index is 1.72. The van der Waals surface area contributed by atoms with Crippen molar-refractivity contribution in [1.82, 2.24) is 9.80 Å². The number of rotatable bonds is 6. The molecular weight excluding hydrogens is 383 g/mol. The minimum Gasteiger partial charge on any atom is -0.337 e. The minimum atomic E-state index is -0.363. The van der Waals surface area contributed by atoms with E-state index in [0.717, 1.165) is 0 Å². The first-order chi connectivity index (χ1) is 12.9. The molecule has 1 aromatic carbocycles. The fourth-order valence-electron chi connectivity index (χ4n) is 3.15. The smallest absolute Gasteiger partial charge is 0.253 e. The molecule has 3 rings (SSSR count). The van der Waals surface area contributed by atoms with Gasteiger partial charge in [-0.15, -0.1) is 23.1 Å². The molecule has 7 heteroatoms. The first kappa shape index (κ1) is 19.9. The standard InChI is InChI=1S/C20H23FN2O2S2/c1-4-22(19(25)15-5-7-16(21)8-6-15)10-11-23-18(24)14(3)27-20(23)17-13(2)9-12-26-17/h5-9,12,14,20H,4,10-11H2,1-3H3. The van der Waals surface area contributed by atoms with Gasteiger partial charge in [0, 0.05) is 30.1 Å². The second-order valence-electron chi connectivity index (χ2n) is 6.52. The summed E-state index contributed by atoms with van der Waals surface area (Å²) in [4.78, 5) is 30.1. The first-order valence-electron chi connectivity index (χ1n) is 8.97. The van der Waals surface area contributed by atoms with Gasteiger partial charge in [0.1, 0.15) is 11.2 Å². The summed E-state index contributed by atoms with van der Waals surface area (Å²) in [6.07, 6.45) is 0. The number of thiophene rings is 1. The van der Waals surface area contributed by atoms with Gasteiger partial charge >= 0.3 is 0 Å². The SMILES string of the molecule is CCN(CCN1C(=O)C(C)SC1c1sccc1C)C(=O)c1ccc(F)cc1. The second-order valence-corrected chi connectivity index (χ2v) is 8.90. The largest absolute Gasteiger partial charge is 0.337 e. The maximum Gasteiger partial charge on any atom is 0.253 e. The molecule has 0 saturated carbocycles. The Morgan fingerprint density at radius 2 is 1.96 bits per heavy atom. The second kappa shape index (κ2) is 8.44. The van der Waals surface area contributed by atoms with Crippen LogP contribution >= 0.6 is 23.1 Å². The molecule has 4 nitrogen and oxygen atoms in total. The number of carbonyl (C=O) groups excluding carboxylic acids is 2. The molecule has 27 heavy (non-hydrogen) atoms. The van der Waals surface area contributed by atoms with Gasteiger partial charge < -0.3 is 9.80 Å². The van der Waals surface area contributed by atoms with E-state index in [4.69, 9.17) is 0 Å². The van der Waals surface area contributed by atoms with Gasteiger partial charge in [0.15, 0.2) is 0 Å². The Hall–Kier alpha value is -1.86. The Morgan fingerprint density at radius 1 is 1.26 bits per heavy atom. The molecule has 144 valence electrons. The summed E-state index contributed by atoms with van der Waals surface area (Å²) in [7, 11) is 0. The van der Waals surface area contributed by atoms with Crippen LogP contribution in [0.25, 0.3) is 0 Å². The van der Waals surface area contributed by atoms with E-state index in [-0.39, 0.29) is 28.3 Å². The Kier molecular flexibility index (Phi) is 6.22. The topological polar surface area (TPSA) is 40.6 Å². The highest BCUT2D eigenvalue weighted by Gasteiger charge is 2.39. The van der Waals surface area contributed by atoms with E-state index in [0.29, 0.717) is 25.2 Å². The molecule has 0 spiro atoms. The third kappa shape index (κ3) is 4.19. The summed E-state index contributed by atoms with van der Waals surface area (Å²) in [5.41, 5.74) is 1.65. The number of hydrogen-bond donors (Lipinski definition) is 0. The summed E-state index contributed by atoms with van der Waals surface area (Å²) >= 11 is 3.33. The first-order valence-corrected chi connectivity index (χ1v) is 10.8. The number of benzene rings is 1. The molecule has 2 aromatic rings. The third-order valence-corrected chi connectivity index (χ3v) is 7.32. The van der Waals surface area contributed by atoms with Gasteiger partial charge in [0.25, 0.3) is 5.91 Å². The van der Waals surface area contributed by atoms with Crippen LogP contribution in [0.1, 0.15) is 40.0 Å². The minimum absolute atomic E-state index is 0.00660. The number of thioether (sulfide) groups is 1. The molecular formula is C20H23FN2O2S2. The van der Waals surface area contributed by atoms with Gasteiger partial charge in [0.05, 0.1) is 5.25 Å². The van der Waals surface area contributed by atoms with Crippen LogP contribution in [0.2, 0.25) is 0 Å². The molecule has 0 N–H and O–H groups in total. The van der Waals surface area contributed by atoms with Crippen molar-refractivity contribution in [2.45, 2.75) is 31.4 Å². The Morgan fingerprint density at radius 3 is 2.56 bits per heavy atom. The number of hydrogen-bond acceptors (Lipinski definition) is 4. The molecule has 2 atom stereocenters. The highest BCUT2D eigenvalue weighted by molar-refractivity contribution is 8.01. The molecule has 0 aliphatic carbocycles. The van der Waals surface area contributed by atoms with Crippen molar-refractivity contribution in [2.75, 3.05) is 19.6 Å². The molecule has 0 bridgehead atoms. The lowest BCUT2D eigenvalue weighted by molar-refractivity contribution is -0.129. The molecule has 1 saturated heterocycles. The zero-order valence-electron chi connectivity index (χ0n) is 15.6. The summed E-state index contributed by atoms with van der Waals surface area (Å²) in [5.74, 6) is -0.394. The van der Waals surface area contributed by atoms with Crippen molar-refractivity contribution >= 4 is 34.9 Å². The quantitative estimate of drug-likeness (QED) is 0.717. The zero-order valence-corrected chi connectivity index (χ0v) is 17.3. The van der Waals surface area contributed by atoms with E-state index < -0.39 is 0 Å².